The molecule has 0 bridgehead atoms. The van der Waals surface area contributed by atoms with Crippen molar-refractivity contribution in [2.24, 2.45) is 5.10 Å². The van der Waals surface area contributed by atoms with Crippen molar-refractivity contribution in [3.8, 4) is 11.5 Å². The number of rotatable bonds is 8. The van der Waals surface area contributed by atoms with Crippen LogP contribution in [-0.4, -0.2) is 31.7 Å². The lowest BCUT2D eigenvalue weighted by atomic mass is 10.1. The van der Waals surface area contributed by atoms with Gasteiger partial charge in [-0.25, -0.2) is 5.43 Å². The molecule has 0 radical (unpaired) electrons. The molecule has 2 amide bonds. The Kier molecular flexibility index (Phi) is 6.77. The quantitative estimate of drug-likeness (QED) is 0.295. The van der Waals surface area contributed by atoms with Gasteiger partial charge in [-0.3, -0.25) is 9.59 Å². The van der Waals surface area contributed by atoms with Gasteiger partial charge in [0, 0.05) is 22.6 Å². The Hall–Kier alpha value is -4.33. The average molecular weight is 460 g/mol. The van der Waals surface area contributed by atoms with Crippen molar-refractivity contribution < 1.29 is 23.5 Å². The average Bonchev–Trinajstić information content (AvgIpc) is 3.20. The number of nitrogens with one attached hydrogen (secondary N) is 2. The van der Waals surface area contributed by atoms with Crippen molar-refractivity contribution in [3.05, 3.63) is 66.2 Å². The minimum Gasteiger partial charge on any atom is -0.497 e. The summed E-state index contributed by atoms with van der Waals surface area (Å²) in [6.45, 7) is 1.67. The van der Waals surface area contributed by atoms with Crippen LogP contribution in [0.15, 0.2) is 70.2 Å². The molecule has 0 unspecified atom stereocenters. The van der Waals surface area contributed by atoms with Gasteiger partial charge >= 0.3 is 0 Å². The molecule has 0 saturated carbocycles. The van der Waals surface area contributed by atoms with Crippen molar-refractivity contribution in [3.63, 3.8) is 0 Å². The second kappa shape index (κ2) is 10.1. The third kappa shape index (κ3) is 5.17. The van der Waals surface area contributed by atoms with Crippen LogP contribution in [0.3, 0.4) is 0 Å². The number of para-hydroxylation sites is 1. The van der Waals surface area contributed by atoms with Crippen LogP contribution in [0.2, 0.25) is 0 Å². The number of nitrogens with zero attached hydrogens (tertiary/aromatic N) is 1. The van der Waals surface area contributed by atoms with Gasteiger partial charge in [0.15, 0.2) is 0 Å². The predicted octanol–water partition coefficient (Wildman–Crippen LogP) is 4.67. The molecule has 1 aromatic heterocycles. The summed E-state index contributed by atoms with van der Waals surface area (Å²) in [5.41, 5.74) is 5.68. The number of carbonyl (C=O) groups excluding carboxylic acids is 2. The number of furan rings is 1. The molecule has 0 aliphatic rings. The van der Waals surface area contributed by atoms with Crippen molar-refractivity contribution >= 4 is 45.2 Å². The SMILES string of the molecule is COc1ccc(CC(=O)NN=C(C)CC(=O)Nc2cc3oc4ccccc4c3cc2OC)cc1. The maximum Gasteiger partial charge on any atom is 0.244 e. The van der Waals surface area contributed by atoms with E-state index in [0.717, 1.165) is 27.7 Å². The molecule has 2 N–H and O–H groups in total. The summed E-state index contributed by atoms with van der Waals surface area (Å²) in [4.78, 5) is 24.7. The van der Waals surface area contributed by atoms with E-state index in [4.69, 9.17) is 13.9 Å². The fraction of sp³-hybridized carbons (Fsp3) is 0.192. The molecule has 0 aliphatic heterocycles. The van der Waals surface area contributed by atoms with E-state index in [1.807, 2.05) is 42.5 Å². The molecule has 0 atom stereocenters. The molecular formula is C26H25N3O5. The largest absolute Gasteiger partial charge is 0.497 e. The zero-order valence-corrected chi connectivity index (χ0v) is 19.2. The summed E-state index contributed by atoms with van der Waals surface area (Å²) in [6.07, 6.45) is 0.172. The molecule has 8 heteroatoms. The van der Waals surface area contributed by atoms with Crippen molar-refractivity contribution in [2.75, 3.05) is 19.5 Å². The minimum absolute atomic E-state index is 0.00410. The zero-order valence-electron chi connectivity index (χ0n) is 19.2. The monoisotopic (exact) mass is 459 g/mol. The highest BCUT2D eigenvalue weighted by Gasteiger charge is 2.14. The number of hydrogen-bond donors (Lipinski definition) is 2. The lowest BCUT2D eigenvalue weighted by Gasteiger charge is -2.10. The first kappa shape index (κ1) is 22.8. The number of ether oxygens (including phenoxy) is 2. The highest BCUT2D eigenvalue weighted by atomic mass is 16.5. The number of benzene rings is 3. The van der Waals surface area contributed by atoms with Gasteiger partial charge in [0.2, 0.25) is 11.8 Å². The van der Waals surface area contributed by atoms with Crippen molar-refractivity contribution in [1.29, 1.82) is 0 Å². The van der Waals surface area contributed by atoms with Gasteiger partial charge in [0.1, 0.15) is 22.7 Å². The molecule has 0 fully saturated rings. The fourth-order valence-corrected chi connectivity index (χ4v) is 3.61. The van der Waals surface area contributed by atoms with Gasteiger partial charge in [0.05, 0.1) is 32.7 Å². The molecule has 4 aromatic rings. The second-order valence-electron chi connectivity index (χ2n) is 7.78. The molecule has 34 heavy (non-hydrogen) atoms. The number of carbonyl (C=O) groups is 2. The number of fused-ring (bicyclic) bond motifs is 3. The topological polar surface area (TPSA) is 102 Å². The smallest absolute Gasteiger partial charge is 0.244 e. The maximum atomic E-state index is 12.6. The molecule has 174 valence electrons. The van der Waals surface area contributed by atoms with Gasteiger partial charge < -0.3 is 19.2 Å². The first-order valence-corrected chi connectivity index (χ1v) is 10.7. The first-order valence-electron chi connectivity index (χ1n) is 10.7. The van der Waals surface area contributed by atoms with Crippen LogP contribution >= 0.6 is 0 Å². The lowest BCUT2D eigenvalue weighted by Crippen LogP contribution is -2.23. The number of amides is 2. The summed E-state index contributed by atoms with van der Waals surface area (Å²) in [7, 11) is 3.13. The normalized spacial score (nSPS) is 11.4. The molecule has 0 spiro atoms. The predicted molar refractivity (Wildman–Crippen MR) is 131 cm³/mol. The lowest BCUT2D eigenvalue weighted by molar-refractivity contribution is -0.120. The molecule has 8 nitrogen and oxygen atoms in total. The highest BCUT2D eigenvalue weighted by molar-refractivity contribution is 6.10. The van der Waals surface area contributed by atoms with Gasteiger partial charge in [-0.1, -0.05) is 30.3 Å². The van der Waals surface area contributed by atoms with E-state index in [-0.39, 0.29) is 24.7 Å². The fourth-order valence-electron chi connectivity index (χ4n) is 3.61. The van der Waals surface area contributed by atoms with Crippen LogP contribution in [0.4, 0.5) is 5.69 Å². The van der Waals surface area contributed by atoms with E-state index in [0.29, 0.717) is 22.7 Å². The van der Waals surface area contributed by atoms with Crippen LogP contribution in [0.1, 0.15) is 18.9 Å². The standard InChI is InChI=1S/C26H25N3O5/c1-16(28-29-26(31)13-17-8-10-18(32-2)11-9-17)12-25(30)27-21-15-23-20(14-24(21)33-3)19-6-4-5-7-22(19)34-23/h4-11,14-15H,12-13H2,1-3H3,(H,27,30)(H,29,31). The number of anilines is 1. The summed E-state index contributed by atoms with van der Waals surface area (Å²) < 4.78 is 16.5. The van der Waals surface area contributed by atoms with Crippen LogP contribution in [0.25, 0.3) is 21.9 Å². The Bertz CT molecular complexity index is 1370. The number of hydrazone groups is 1. The molecule has 0 saturated heterocycles. The summed E-state index contributed by atoms with van der Waals surface area (Å²) in [6, 6.07) is 18.5. The third-order valence-electron chi connectivity index (χ3n) is 5.28. The number of hydrogen-bond acceptors (Lipinski definition) is 6. The molecular weight excluding hydrogens is 434 g/mol. The van der Waals surface area contributed by atoms with E-state index in [9.17, 15) is 9.59 Å². The Labute approximate surface area is 196 Å². The summed E-state index contributed by atoms with van der Waals surface area (Å²) >= 11 is 0. The summed E-state index contributed by atoms with van der Waals surface area (Å²) in [5, 5.41) is 8.76. The van der Waals surface area contributed by atoms with Gasteiger partial charge in [-0.05, 0) is 36.8 Å². The van der Waals surface area contributed by atoms with Gasteiger partial charge in [-0.15, -0.1) is 0 Å². The second-order valence-corrected chi connectivity index (χ2v) is 7.78. The Morgan fingerprint density at radius 2 is 1.68 bits per heavy atom. The summed E-state index contributed by atoms with van der Waals surface area (Å²) in [5.74, 6) is 0.677. The minimum atomic E-state index is -0.292. The van der Waals surface area contributed by atoms with Crippen LogP contribution in [0.5, 0.6) is 11.5 Å². The Morgan fingerprint density at radius 1 is 0.912 bits per heavy atom. The van der Waals surface area contributed by atoms with Crippen LogP contribution < -0.4 is 20.2 Å². The molecule has 3 aromatic carbocycles. The van der Waals surface area contributed by atoms with E-state index in [1.54, 1.807) is 39.3 Å². The maximum absolute atomic E-state index is 12.6. The van der Waals surface area contributed by atoms with E-state index >= 15 is 0 Å². The van der Waals surface area contributed by atoms with E-state index in [1.165, 1.54) is 0 Å². The van der Waals surface area contributed by atoms with Crippen molar-refractivity contribution in [2.45, 2.75) is 19.8 Å². The highest BCUT2D eigenvalue weighted by Crippen LogP contribution is 2.36. The van der Waals surface area contributed by atoms with Crippen LogP contribution in [0, 0.1) is 0 Å². The third-order valence-corrected chi connectivity index (χ3v) is 5.28. The number of methoxy groups -OCH3 is 2. The Morgan fingerprint density at radius 3 is 2.41 bits per heavy atom. The first-order chi connectivity index (χ1) is 16.5. The zero-order chi connectivity index (χ0) is 24.1. The Balaban J connectivity index is 1.38. The molecule has 1 heterocycles. The van der Waals surface area contributed by atoms with E-state index < -0.39 is 0 Å². The van der Waals surface area contributed by atoms with Crippen molar-refractivity contribution in [1.82, 2.24) is 5.43 Å². The molecule has 4 rings (SSSR count). The van der Waals surface area contributed by atoms with Gasteiger partial charge in [-0.2, -0.15) is 5.10 Å². The van der Waals surface area contributed by atoms with Crippen LogP contribution in [-0.2, 0) is 16.0 Å². The molecule has 0 aliphatic carbocycles. The van der Waals surface area contributed by atoms with E-state index in [2.05, 4.69) is 15.8 Å². The van der Waals surface area contributed by atoms with Gasteiger partial charge in [0.25, 0.3) is 0 Å².